The van der Waals surface area contributed by atoms with Crippen LogP contribution in [0.25, 0.3) is 10.9 Å². The van der Waals surface area contributed by atoms with Crippen LogP contribution in [0.1, 0.15) is 25.7 Å². The summed E-state index contributed by atoms with van der Waals surface area (Å²) in [6, 6.07) is 7.77. The van der Waals surface area contributed by atoms with E-state index in [1.807, 2.05) is 11.0 Å². The van der Waals surface area contributed by atoms with E-state index in [1.54, 1.807) is 18.2 Å². The molecule has 0 bridgehead atoms. The van der Waals surface area contributed by atoms with Crippen molar-refractivity contribution in [3.63, 3.8) is 0 Å². The van der Waals surface area contributed by atoms with Crippen LogP contribution in [0.4, 0.5) is 0 Å². The van der Waals surface area contributed by atoms with Gasteiger partial charge in [-0.15, -0.1) is 5.10 Å². The first-order valence-corrected chi connectivity index (χ1v) is 9.07. The van der Waals surface area contributed by atoms with Crippen molar-refractivity contribution in [3.05, 3.63) is 34.6 Å². The van der Waals surface area contributed by atoms with Gasteiger partial charge in [0.1, 0.15) is 12.1 Å². The second-order valence-corrected chi connectivity index (χ2v) is 6.92. The molecule has 7 nitrogen and oxygen atoms in total. The second kappa shape index (κ2) is 6.92. The molecule has 0 unspecified atom stereocenters. The van der Waals surface area contributed by atoms with E-state index in [0.29, 0.717) is 16.9 Å². The van der Waals surface area contributed by atoms with Crippen molar-refractivity contribution in [3.8, 4) is 0 Å². The molecule has 2 aromatic rings. The van der Waals surface area contributed by atoms with E-state index in [-0.39, 0.29) is 18.0 Å². The first kappa shape index (κ1) is 16.2. The van der Waals surface area contributed by atoms with Crippen LogP contribution >= 0.6 is 0 Å². The predicted octanol–water partition coefficient (Wildman–Crippen LogP) is 0.878. The molecule has 1 aliphatic carbocycles. The van der Waals surface area contributed by atoms with E-state index >= 15 is 0 Å². The number of carbonyl (C=O) groups is 1. The Morgan fingerprint density at radius 1 is 1.08 bits per heavy atom. The zero-order valence-corrected chi connectivity index (χ0v) is 14.3. The van der Waals surface area contributed by atoms with Gasteiger partial charge in [0.15, 0.2) is 0 Å². The first-order chi connectivity index (χ1) is 12.2. The molecule has 0 atom stereocenters. The Morgan fingerprint density at radius 3 is 2.56 bits per heavy atom. The molecule has 1 amide bonds. The number of rotatable bonds is 3. The number of aromatic nitrogens is 3. The summed E-state index contributed by atoms with van der Waals surface area (Å²) in [7, 11) is 0. The van der Waals surface area contributed by atoms with Crippen LogP contribution in [0.15, 0.2) is 29.1 Å². The molecule has 4 rings (SSSR count). The first-order valence-electron chi connectivity index (χ1n) is 9.07. The van der Waals surface area contributed by atoms with Crippen molar-refractivity contribution in [1.82, 2.24) is 24.8 Å². The van der Waals surface area contributed by atoms with Crippen molar-refractivity contribution in [2.24, 2.45) is 0 Å². The number of nitrogens with zero attached hydrogens (tertiary/aromatic N) is 5. The summed E-state index contributed by atoms with van der Waals surface area (Å²) >= 11 is 0. The molecule has 25 heavy (non-hydrogen) atoms. The highest BCUT2D eigenvalue weighted by molar-refractivity contribution is 5.78. The third-order valence-electron chi connectivity index (χ3n) is 5.42. The Bertz CT molecular complexity index is 820. The Morgan fingerprint density at radius 2 is 1.80 bits per heavy atom. The molecule has 1 aliphatic heterocycles. The zero-order chi connectivity index (χ0) is 17.2. The van der Waals surface area contributed by atoms with Crippen molar-refractivity contribution in [2.45, 2.75) is 38.3 Å². The van der Waals surface area contributed by atoms with E-state index in [4.69, 9.17) is 0 Å². The molecule has 0 spiro atoms. The van der Waals surface area contributed by atoms with Crippen molar-refractivity contribution in [2.75, 3.05) is 26.2 Å². The number of hydrogen-bond acceptors (Lipinski definition) is 5. The van der Waals surface area contributed by atoms with Gasteiger partial charge in [0.25, 0.3) is 5.56 Å². The van der Waals surface area contributed by atoms with E-state index in [0.717, 1.165) is 26.2 Å². The third-order valence-corrected chi connectivity index (χ3v) is 5.42. The summed E-state index contributed by atoms with van der Waals surface area (Å²) in [6.45, 7) is 3.26. The minimum atomic E-state index is -0.261. The Balaban J connectivity index is 1.41. The predicted molar refractivity (Wildman–Crippen MR) is 94.2 cm³/mol. The fourth-order valence-electron chi connectivity index (χ4n) is 3.96. The molecule has 1 aromatic carbocycles. The van der Waals surface area contributed by atoms with Crippen LogP contribution < -0.4 is 5.56 Å². The quantitative estimate of drug-likeness (QED) is 0.829. The molecule has 0 N–H and O–H groups in total. The SMILES string of the molecule is O=C(Cn1nnc2ccccc2c1=O)N1CCN(C2CCCC2)CC1. The van der Waals surface area contributed by atoms with E-state index in [2.05, 4.69) is 15.2 Å². The fourth-order valence-corrected chi connectivity index (χ4v) is 3.96. The smallest absolute Gasteiger partial charge is 0.278 e. The van der Waals surface area contributed by atoms with Crippen molar-refractivity contribution >= 4 is 16.8 Å². The number of fused-ring (bicyclic) bond motifs is 1. The molecule has 7 heteroatoms. The van der Waals surface area contributed by atoms with Gasteiger partial charge < -0.3 is 4.90 Å². The van der Waals surface area contributed by atoms with E-state index in [1.165, 1.54) is 30.4 Å². The topological polar surface area (TPSA) is 71.3 Å². The van der Waals surface area contributed by atoms with Gasteiger partial charge >= 0.3 is 0 Å². The number of carbonyl (C=O) groups excluding carboxylic acids is 1. The van der Waals surface area contributed by atoms with Gasteiger partial charge in [-0.2, -0.15) is 0 Å². The lowest BCUT2D eigenvalue weighted by molar-refractivity contribution is -0.134. The fraction of sp³-hybridized carbons (Fsp3) is 0.556. The van der Waals surface area contributed by atoms with Gasteiger partial charge in [0.05, 0.1) is 5.39 Å². The molecule has 2 heterocycles. The molecule has 0 radical (unpaired) electrons. The minimum absolute atomic E-state index is 0.0416. The van der Waals surface area contributed by atoms with Crippen molar-refractivity contribution in [1.29, 1.82) is 0 Å². The van der Waals surface area contributed by atoms with E-state index < -0.39 is 0 Å². The maximum atomic E-state index is 12.6. The van der Waals surface area contributed by atoms with Gasteiger partial charge in [-0.25, -0.2) is 4.68 Å². The Labute approximate surface area is 146 Å². The highest BCUT2D eigenvalue weighted by Crippen LogP contribution is 2.24. The van der Waals surface area contributed by atoms with Gasteiger partial charge in [0, 0.05) is 32.2 Å². The number of benzene rings is 1. The van der Waals surface area contributed by atoms with Gasteiger partial charge in [0.2, 0.25) is 5.91 Å². The average molecular weight is 341 g/mol. The lowest BCUT2D eigenvalue weighted by atomic mass is 10.2. The summed E-state index contributed by atoms with van der Waals surface area (Å²) in [4.78, 5) is 29.4. The maximum Gasteiger partial charge on any atom is 0.278 e. The molecule has 2 aliphatic rings. The molecular weight excluding hydrogens is 318 g/mol. The number of amides is 1. The lowest BCUT2D eigenvalue weighted by Gasteiger charge is -2.38. The third kappa shape index (κ3) is 3.28. The Kier molecular flexibility index (Phi) is 4.48. The summed E-state index contributed by atoms with van der Waals surface area (Å²) in [6.07, 6.45) is 5.23. The summed E-state index contributed by atoms with van der Waals surface area (Å²) in [5.41, 5.74) is 0.296. The number of hydrogen-bond donors (Lipinski definition) is 0. The normalized spacial score (nSPS) is 19.6. The van der Waals surface area contributed by atoms with Crippen LogP contribution in [-0.2, 0) is 11.3 Å². The maximum absolute atomic E-state index is 12.6. The van der Waals surface area contributed by atoms with Gasteiger partial charge in [-0.3, -0.25) is 14.5 Å². The van der Waals surface area contributed by atoms with Crippen LogP contribution in [-0.4, -0.2) is 62.9 Å². The standard InChI is InChI=1S/C18H23N5O2/c24-17(22-11-9-21(10-12-22)14-5-1-2-6-14)13-23-18(25)15-7-3-4-8-16(15)19-20-23/h3-4,7-8,14H,1-2,5-6,9-13H2. The average Bonchev–Trinajstić information content (AvgIpc) is 3.19. The molecule has 2 fully saturated rings. The molecule has 1 saturated heterocycles. The van der Waals surface area contributed by atoms with Gasteiger partial charge in [-0.1, -0.05) is 30.2 Å². The summed E-state index contributed by atoms with van der Waals surface area (Å²) in [5.74, 6) is -0.0576. The highest BCUT2D eigenvalue weighted by atomic mass is 16.2. The molecule has 1 aromatic heterocycles. The Hall–Kier alpha value is -2.28. The van der Waals surface area contributed by atoms with Crippen LogP contribution in [0.3, 0.4) is 0 Å². The number of piperazine rings is 1. The minimum Gasteiger partial charge on any atom is -0.339 e. The molecule has 132 valence electrons. The largest absolute Gasteiger partial charge is 0.339 e. The van der Waals surface area contributed by atoms with Crippen LogP contribution in [0, 0.1) is 0 Å². The molecule has 1 saturated carbocycles. The van der Waals surface area contributed by atoms with E-state index in [9.17, 15) is 9.59 Å². The second-order valence-electron chi connectivity index (χ2n) is 6.92. The zero-order valence-electron chi connectivity index (χ0n) is 14.3. The van der Waals surface area contributed by atoms with Crippen LogP contribution in [0.5, 0.6) is 0 Å². The highest BCUT2D eigenvalue weighted by Gasteiger charge is 2.28. The van der Waals surface area contributed by atoms with Crippen molar-refractivity contribution < 1.29 is 4.79 Å². The monoisotopic (exact) mass is 341 g/mol. The summed E-state index contributed by atoms with van der Waals surface area (Å²) in [5, 5.41) is 8.45. The lowest BCUT2D eigenvalue weighted by Crippen LogP contribution is -2.52. The van der Waals surface area contributed by atoms with Gasteiger partial charge in [-0.05, 0) is 25.0 Å². The van der Waals surface area contributed by atoms with Crippen LogP contribution in [0.2, 0.25) is 0 Å². The summed E-state index contributed by atoms with van der Waals surface area (Å²) < 4.78 is 1.17. The molecular formula is C18H23N5O2.